The van der Waals surface area contributed by atoms with Crippen molar-refractivity contribution in [1.82, 2.24) is 10.6 Å². The van der Waals surface area contributed by atoms with Gasteiger partial charge >= 0.3 is 0 Å². The molecule has 2 rings (SSSR count). The Balaban J connectivity index is 1.76. The first-order chi connectivity index (χ1) is 8.07. The molecule has 0 aromatic heterocycles. The number of nitrogens with one attached hydrogen (secondary N) is 2. The highest BCUT2D eigenvalue weighted by atomic mass is 79.9. The molecule has 2 nitrogen and oxygen atoms in total. The van der Waals surface area contributed by atoms with Crippen LogP contribution in [0.2, 0.25) is 0 Å². The summed E-state index contributed by atoms with van der Waals surface area (Å²) in [4.78, 5) is 0. The van der Waals surface area contributed by atoms with Gasteiger partial charge in [-0.15, -0.1) is 0 Å². The highest BCUT2D eigenvalue weighted by Crippen LogP contribution is 2.18. The van der Waals surface area contributed by atoms with E-state index in [1.54, 1.807) is 0 Å². The fraction of sp³-hybridized carbons (Fsp3) is 0.571. The summed E-state index contributed by atoms with van der Waals surface area (Å²) < 4.78 is 1.21. The largest absolute Gasteiger partial charge is 0.312 e. The van der Waals surface area contributed by atoms with Crippen LogP contribution in [0.15, 0.2) is 28.7 Å². The molecule has 0 spiro atoms. The van der Waals surface area contributed by atoms with E-state index in [4.69, 9.17) is 0 Å². The summed E-state index contributed by atoms with van der Waals surface area (Å²) in [5, 5.41) is 7.16. The minimum absolute atomic E-state index is 0.297. The van der Waals surface area contributed by atoms with Crippen LogP contribution in [0.1, 0.15) is 25.8 Å². The number of benzene rings is 1. The number of hydrogen-bond acceptors (Lipinski definition) is 2. The summed E-state index contributed by atoms with van der Waals surface area (Å²) in [6, 6.07) is 9.07. The van der Waals surface area contributed by atoms with Crippen LogP contribution in [0.3, 0.4) is 0 Å². The van der Waals surface area contributed by atoms with E-state index in [1.807, 2.05) is 0 Å². The third kappa shape index (κ3) is 3.80. The molecule has 1 fully saturated rings. The molecule has 1 unspecified atom stereocenters. The van der Waals surface area contributed by atoms with E-state index in [9.17, 15) is 0 Å². The SMILES string of the molecule is CC1(C)CC(NCCc2ccccc2Br)CN1. The molecule has 0 aliphatic carbocycles. The van der Waals surface area contributed by atoms with Gasteiger partial charge in [-0.25, -0.2) is 0 Å². The van der Waals surface area contributed by atoms with E-state index < -0.39 is 0 Å². The Morgan fingerprint density at radius 3 is 2.82 bits per heavy atom. The summed E-state index contributed by atoms with van der Waals surface area (Å²) in [6.07, 6.45) is 2.29. The minimum Gasteiger partial charge on any atom is -0.312 e. The van der Waals surface area contributed by atoms with Crippen molar-refractivity contribution >= 4 is 15.9 Å². The Labute approximate surface area is 112 Å². The van der Waals surface area contributed by atoms with Gasteiger partial charge in [-0.2, -0.15) is 0 Å². The summed E-state index contributed by atoms with van der Waals surface area (Å²) >= 11 is 3.59. The maximum absolute atomic E-state index is 3.63. The van der Waals surface area contributed by atoms with Crippen molar-refractivity contribution in [3.8, 4) is 0 Å². The molecule has 1 aromatic carbocycles. The first-order valence-corrected chi connectivity index (χ1v) is 7.08. The first kappa shape index (κ1) is 13.1. The molecule has 0 radical (unpaired) electrons. The standard InChI is InChI=1S/C14H21BrN2/c1-14(2)9-12(10-17-14)16-8-7-11-5-3-4-6-13(11)15/h3-6,12,16-17H,7-10H2,1-2H3. The molecular weight excluding hydrogens is 276 g/mol. The summed E-state index contributed by atoms with van der Waals surface area (Å²) in [7, 11) is 0. The topological polar surface area (TPSA) is 24.1 Å². The van der Waals surface area contributed by atoms with Gasteiger partial charge in [-0.05, 0) is 44.9 Å². The lowest BCUT2D eigenvalue weighted by atomic mass is 10.0. The maximum atomic E-state index is 3.63. The Kier molecular flexibility index (Phi) is 4.23. The van der Waals surface area contributed by atoms with Gasteiger partial charge in [0.1, 0.15) is 0 Å². The van der Waals surface area contributed by atoms with Gasteiger partial charge in [-0.1, -0.05) is 34.1 Å². The van der Waals surface area contributed by atoms with Gasteiger partial charge in [0, 0.05) is 22.6 Å². The van der Waals surface area contributed by atoms with Crippen molar-refractivity contribution in [2.45, 2.75) is 38.3 Å². The quantitative estimate of drug-likeness (QED) is 0.893. The van der Waals surface area contributed by atoms with Gasteiger partial charge in [0.2, 0.25) is 0 Å². The molecule has 17 heavy (non-hydrogen) atoms. The fourth-order valence-electron chi connectivity index (χ4n) is 2.42. The Morgan fingerprint density at radius 2 is 2.18 bits per heavy atom. The van der Waals surface area contributed by atoms with Gasteiger partial charge in [0.15, 0.2) is 0 Å². The van der Waals surface area contributed by atoms with Gasteiger partial charge < -0.3 is 10.6 Å². The number of halogens is 1. The molecule has 3 heteroatoms. The van der Waals surface area contributed by atoms with Crippen molar-refractivity contribution < 1.29 is 0 Å². The molecule has 94 valence electrons. The monoisotopic (exact) mass is 296 g/mol. The van der Waals surface area contributed by atoms with E-state index in [2.05, 4.69) is 64.7 Å². The van der Waals surface area contributed by atoms with Crippen LogP contribution in [-0.4, -0.2) is 24.7 Å². The summed E-state index contributed by atoms with van der Waals surface area (Å²) in [5.74, 6) is 0. The Bertz CT molecular complexity index is 376. The minimum atomic E-state index is 0.297. The molecule has 0 amide bonds. The van der Waals surface area contributed by atoms with Crippen LogP contribution in [-0.2, 0) is 6.42 Å². The average molecular weight is 297 g/mol. The van der Waals surface area contributed by atoms with Crippen molar-refractivity contribution in [2.75, 3.05) is 13.1 Å². The van der Waals surface area contributed by atoms with E-state index in [1.165, 1.54) is 16.5 Å². The van der Waals surface area contributed by atoms with Crippen molar-refractivity contribution in [2.24, 2.45) is 0 Å². The van der Waals surface area contributed by atoms with Crippen LogP contribution >= 0.6 is 15.9 Å². The van der Waals surface area contributed by atoms with Crippen molar-refractivity contribution in [3.05, 3.63) is 34.3 Å². The zero-order valence-corrected chi connectivity index (χ0v) is 12.2. The molecule has 1 saturated heterocycles. The second kappa shape index (κ2) is 5.51. The van der Waals surface area contributed by atoms with Crippen LogP contribution in [0.5, 0.6) is 0 Å². The number of hydrogen-bond donors (Lipinski definition) is 2. The smallest absolute Gasteiger partial charge is 0.0210 e. The molecule has 0 saturated carbocycles. The molecule has 1 aliphatic rings. The summed E-state index contributed by atoms with van der Waals surface area (Å²) in [5.41, 5.74) is 1.68. The van der Waals surface area contributed by atoms with Crippen molar-refractivity contribution in [3.63, 3.8) is 0 Å². The van der Waals surface area contributed by atoms with E-state index in [0.29, 0.717) is 11.6 Å². The zero-order valence-electron chi connectivity index (χ0n) is 10.6. The third-order valence-electron chi connectivity index (χ3n) is 3.37. The highest BCUT2D eigenvalue weighted by Gasteiger charge is 2.29. The molecule has 1 aliphatic heterocycles. The first-order valence-electron chi connectivity index (χ1n) is 6.29. The molecular formula is C14H21BrN2. The summed E-state index contributed by atoms with van der Waals surface area (Å²) in [6.45, 7) is 6.67. The van der Waals surface area contributed by atoms with Crippen molar-refractivity contribution in [1.29, 1.82) is 0 Å². The van der Waals surface area contributed by atoms with Crippen LogP contribution in [0.4, 0.5) is 0 Å². The van der Waals surface area contributed by atoms with Gasteiger partial charge in [0.25, 0.3) is 0 Å². The highest BCUT2D eigenvalue weighted by molar-refractivity contribution is 9.10. The molecule has 1 heterocycles. The van der Waals surface area contributed by atoms with Gasteiger partial charge in [-0.3, -0.25) is 0 Å². The Morgan fingerprint density at radius 1 is 1.41 bits per heavy atom. The normalized spacial score (nSPS) is 22.9. The average Bonchev–Trinajstić information content (AvgIpc) is 2.61. The van der Waals surface area contributed by atoms with E-state index >= 15 is 0 Å². The molecule has 0 bridgehead atoms. The second-order valence-corrected chi connectivity index (χ2v) is 6.32. The van der Waals surface area contributed by atoms with Gasteiger partial charge in [0.05, 0.1) is 0 Å². The lowest BCUT2D eigenvalue weighted by molar-refractivity contribution is 0.443. The maximum Gasteiger partial charge on any atom is 0.0210 e. The lowest BCUT2D eigenvalue weighted by Crippen LogP contribution is -2.32. The van der Waals surface area contributed by atoms with E-state index in [-0.39, 0.29) is 0 Å². The lowest BCUT2D eigenvalue weighted by Gasteiger charge is -2.17. The predicted molar refractivity (Wildman–Crippen MR) is 76.3 cm³/mol. The van der Waals surface area contributed by atoms with Crippen LogP contribution in [0.25, 0.3) is 0 Å². The molecule has 1 atom stereocenters. The third-order valence-corrected chi connectivity index (χ3v) is 4.14. The predicted octanol–water partition coefficient (Wildman–Crippen LogP) is 2.72. The molecule has 2 N–H and O–H groups in total. The number of rotatable bonds is 4. The second-order valence-electron chi connectivity index (χ2n) is 5.46. The zero-order chi connectivity index (χ0) is 12.3. The van der Waals surface area contributed by atoms with Crippen LogP contribution in [0, 0.1) is 0 Å². The van der Waals surface area contributed by atoms with E-state index in [0.717, 1.165) is 19.5 Å². The van der Waals surface area contributed by atoms with Crippen LogP contribution < -0.4 is 10.6 Å². The molecule has 1 aromatic rings. The Hall–Kier alpha value is -0.380. The fourth-order valence-corrected chi connectivity index (χ4v) is 2.90.